The van der Waals surface area contributed by atoms with Gasteiger partial charge in [-0.1, -0.05) is 6.07 Å². The molecule has 0 amide bonds. The Morgan fingerprint density at radius 2 is 1.88 bits per heavy atom. The number of nitrogen functional groups attached to an aromatic ring is 1. The van der Waals surface area contributed by atoms with Crippen LogP contribution in [0.2, 0.25) is 0 Å². The first-order valence-corrected chi connectivity index (χ1v) is 5.34. The molecule has 0 aliphatic heterocycles. The average Bonchev–Trinajstić information content (AvgIpc) is 2.30. The quantitative estimate of drug-likeness (QED) is 0.275. The predicted octanol–water partition coefficient (Wildman–Crippen LogP) is 1.91. The van der Waals surface area contributed by atoms with Crippen LogP contribution in [0.25, 0.3) is 22.1 Å². The van der Waals surface area contributed by atoms with Gasteiger partial charge in [0.1, 0.15) is 11.0 Å². The molecule has 2 N–H and O–H groups in total. The van der Waals surface area contributed by atoms with Gasteiger partial charge in [-0.15, -0.1) is 0 Å². The molecule has 3 rings (SSSR count). The largest absolute Gasteiger partial charge is 0.618 e. The van der Waals surface area contributed by atoms with Gasteiger partial charge in [0.25, 0.3) is 0 Å². The highest BCUT2D eigenvalue weighted by molar-refractivity contribution is 5.83. The van der Waals surface area contributed by atoms with Crippen molar-refractivity contribution in [3.05, 3.63) is 47.2 Å². The van der Waals surface area contributed by atoms with E-state index in [1.807, 2.05) is 25.1 Å². The van der Waals surface area contributed by atoms with E-state index in [-0.39, 0.29) is 0 Å². The molecule has 17 heavy (non-hydrogen) atoms. The van der Waals surface area contributed by atoms with E-state index in [4.69, 9.17) is 5.73 Å². The standard InChI is InChI=1S/C13H11N3O/c1-8-2-4-10-13(6-8)16(17)12-5-3-9(14)7-11(12)15-10/h2-7H,14H2,1H3. The third-order valence-electron chi connectivity index (χ3n) is 2.81. The molecule has 0 aliphatic rings. The van der Waals surface area contributed by atoms with Crippen molar-refractivity contribution >= 4 is 27.8 Å². The Kier molecular flexibility index (Phi) is 1.92. The highest BCUT2D eigenvalue weighted by Crippen LogP contribution is 2.17. The summed E-state index contributed by atoms with van der Waals surface area (Å²) in [6, 6.07) is 10.7. The van der Waals surface area contributed by atoms with Crippen LogP contribution in [-0.2, 0) is 0 Å². The molecular formula is C13H11N3O. The van der Waals surface area contributed by atoms with E-state index >= 15 is 0 Å². The van der Waals surface area contributed by atoms with E-state index < -0.39 is 0 Å². The third kappa shape index (κ3) is 1.45. The second-order valence-corrected chi connectivity index (χ2v) is 4.15. The first-order chi connectivity index (χ1) is 8.15. The molecule has 2 aromatic carbocycles. The van der Waals surface area contributed by atoms with Crippen molar-refractivity contribution in [1.29, 1.82) is 0 Å². The minimum Gasteiger partial charge on any atom is -0.618 e. The first-order valence-electron chi connectivity index (χ1n) is 5.34. The predicted molar refractivity (Wildman–Crippen MR) is 67.4 cm³/mol. The molecule has 0 radical (unpaired) electrons. The number of aryl methyl sites for hydroxylation is 1. The Morgan fingerprint density at radius 1 is 1.06 bits per heavy atom. The Hall–Kier alpha value is -2.36. The van der Waals surface area contributed by atoms with E-state index in [1.54, 1.807) is 18.2 Å². The first kappa shape index (κ1) is 9.84. The molecule has 0 spiro atoms. The van der Waals surface area contributed by atoms with Crippen molar-refractivity contribution in [3.63, 3.8) is 0 Å². The molecule has 84 valence electrons. The highest BCUT2D eigenvalue weighted by Gasteiger charge is 2.11. The van der Waals surface area contributed by atoms with Crippen LogP contribution in [-0.4, -0.2) is 4.98 Å². The summed E-state index contributed by atoms with van der Waals surface area (Å²) < 4.78 is 0.907. The summed E-state index contributed by atoms with van der Waals surface area (Å²) in [5, 5.41) is 12.2. The van der Waals surface area contributed by atoms with E-state index in [0.717, 1.165) is 10.3 Å². The van der Waals surface area contributed by atoms with Crippen molar-refractivity contribution in [1.82, 2.24) is 4.98 Å². The van der Waals surface area contributed by atoms with Crippen LogP contribution < -0.4 is 10.5 Å². The van der Waals surface area contributed by atoms with Crippen LogP contribution >= 0.6 is 0 Å². The highest BCUT2D eigenvalue weighted by atomic mass is 16.5. The third-order valence-corrected chi connectivity index (χ3v) is 2.81. The van der Waals surface area contributed by atoms with E-state index in [2.05, 4.69) is 4.98 Å². The minimum absolute atomic E-state index is 0.539. The maximum atomic E-state index is 12.2. The van der Waals surface area contributed by atoms with Gasteiger partial charge in [0.2, 0.25) is 11.0 Å². The number of benzene rings is 2. The molecule has 1 aromatic heterocycles. The lowest BCUT2D eigenvalue weighted by molar-refractivity contribution is -0.548. The number of fused-ring (bicyclic) bond motifs is 2. The van der Waals surface area contributed by atoms with Crippen molar-refractivity contribution in [2.45, 2.75) is 6.92 Å². The lowest BCUT2D eigenvalue weighted by Gasteiger charge is -2.06. The number of nitrogens with zero attached hydrogens (tertiary/aromatic N) is 2. The monoisotopic (exact) mass is 225 g/mol. The lowest BCUT2D eigenvalue weighted by atomic mass is 10.2. The molecular weight excluding hydrogens is 214 g/mol. The second-order valence-electron chi connectivity index (χ2n) is 4.15. The summed E-state index contributed by atoms with van der Waals surface area (Å²) in [5.41, 5.74) is 9.77. The van der Waals surface area contributed by atoms with Crippen molar-refractivity contribution in [2.75, 3.05) is 5.73 Å². The minimum atomic E-state index is 0.539. The Labute approximate surface area is 97.9 Å². The van der Waals surface area contributed by atoms with E-state index in [9.17, 15) is 5.21 Å². The van der Waals surface area contributed by atoms with Gasteiger partial charge >= 0.3 is 0 Å². The molecule has 4 nitrogen and oxygen atoms in total. The molecule has 0 unspecified atom stereocenters. The van der Waals surface area contributed by atoms with Crippen LogP contribution in [0, 0.1) is 12.1 Å². The zero-order valence-corrected chi connectivity index (χ0v) is 9.34. The van der Waals surface area contributed by atoms with Crippen molar-refractivity contribution in [2.24, 2.45) is 0 Å². The Bertz CT molecular complexity index is 737. The fourth-order valence-corrected chi connectivity index (χ4v) is 1.95. The summed E-state index contributed by atoms with van der Waals surface area (Å²) in [6.07, 6.45) is 0. The molecule has 0 aliphatic carbocycles. The van der Waals surface area contributed by atoms with Crippen LogP contribution in [0.5, 0.6) is 0 Å². The molecule has 0 bridgehead atoms. The van der Waals surface area contributed by atoms with Gasteiger partial charge in [0.15, 0.2) is 0 Å². The number of hydrogen-bond acceptors (Lipinski definition) is 3. The number of nitrogens with two attached hydrogens (primary N) is 1. The molecule has 0 saturated heterocycles. The zero-order valence-electron chi connectivity index (χ0n) is 9.34. The summed E-state index contributed by atoms with van der Waals surface area (Å²) >= 11 is 0. The van der Waals surface area contributed by atoms with E-state index in [0.29, 0.717) is 27.8 Å². The zero-order chi connectivity index (χ0) is 12.0. The number of anilines is 1. The summed E-state index contributed by atoms with van der Waals surface area (Å²) in [6.45, 7) is 1.95. The number of aromatic nitrogens is 2. The lowest BCUT2D eigenvalue weighted by Crippen LogP contribution is -2.28. The summed E-state index contributed by atoms with van der Waals surface area (Å²) in [4.78, 5) is 4.44. The van der Waals surface area contributed by atoms with Crippen molar-refractivity contribution < 1.29 is 4.73 Å². The summed E-state index contributed by atoms with van der Waals surface area (Å²) in [7, 11) is 0. The molecule has 3 aromatic rings. The number of rotatable bonds is 0. The van der Waals surface area contributed by atoms with Crippen LogP contribution in [0.1, 0.15) is 5.56 Å². The summed E-state index contributed by atoms with van der Waals surface area (Å²) in [5.74, 6) is 0. The van der Waals surface area contributed by atoms with Gasteiger partial charge in [0, 0.05) is 17.8 Å². The maximum absolute atomic E-state index is 12.2. The topological polar surface area (TPSA) is 65.8 Å². The maximum Gasteiger partial charge on any atom is 0.243 e. The van der Waals surface area contributed by atoms with E-state index in [1.165, 1.54) is 0 Å². The van der Waals surface area contributed by atoms with Crippen LogP contribution in [0.15, 0.2) is 36.4 Å². The SMILES string of the molecule is Cc1ccc2nc3cc(N)ccc3[n+]([O-])c2c1. The molecule has 1 heterocycles. The second kappa shape index (κ2) is 3.31. The van der Waals surface area contributed by atoms with Gasteiger partial charge < -0.3 is 10.9 Å². The van der Waals surface area contributed by atoms with Gasteiger partial charge in [-0.25, -0.2) is 4.98 Å². The van der Waals surface area contributed by atoms with Gasteiger partial charge in [-0.3, -0.25) is 0 Å². The Morgan fingerprint density at radius 3 is 2.71 bits per heavy atom. The normalized spacial score (nSPS) is 11.1. The molecule has 4 heteroatoms. The smallest absolute Gasteiger partial charge is 0.243 e. The average molecular weight is 225 g/mol. The van der Waals surface area contributed by atoms with Gasteiger partial charge in [-0.05, 0) is 30.7 Å². The molecule has 0 atom stereocenters. The van der Waals surface area contributed by atoms with Crippen LogP contribution in [0.4, 0.5) is 5.69 Å². The van der Waals surface area contributed by atoms with Gasteiger partial charge in [0.05, 0.1) is 0 Å². The number of hydrogen-bond donors (Lipinski definition) is 1. The fourth-order valence-electron chi connectivity index (χ4n) is 1.95. The van der Waals surface area contributed by atoms with Crippen LogP contribution in [0.3, 0.4) is 0 Å². The molecule has 0 fully saturated rings. The Balaban J connectivity index is 2.52. The van der Waals surface area contributed by atoms with Crippen molar-refractivity contribution in [3.8, 4) is 0 Å². The fraction of sp³-hybridized carbons (Fsp3) is 0.0769. The molecule has 0 saturated carbocycles. The van der Waals surface area contributed by atoms with Gasteiger partial charge in [-0.2, -0.15) is 4.73 Å².